The van der Waals surface area contributed by atoms with Gasteiger partial charge in [-0.1, -0.05) is 61.8 Å². The number of hydrogen-bond acceptors (Lipinski definition) is 13. The Morgan fingerprint density at radius 1 is 0.931 bits per heavy atom. The number of ether oxygens (including phenoxy) is 1. The number of carbonyl (C=O) groups excluding carboxylic acids is 3. The number of β-amino-alcohol motifs (C(OH)–C–C–N with tert-alkyl or cyclic N) is 1. The Hall–Kier alpha value is -6.60. The maximum atomic E-state index is 14.4. The average Bonchev–Trinajstić information content (AvgIpc) is 4.19. The van der Waals surface area contributed by atoms with Gasteiger partial charge in [0, 0.05) is 76.9 Å². The summed E-state index contributed by atoms with van der Waals surface area (Å²) in [6, 6.07) is 16.7. The van der Waals surface area contributed by atoms with Crippen molar-refractivity contribution in [3.63, 3.8) is 0 Å². The number of carbonyl (C=O) groups is 3. The van der Waals surface area contributed by atoms with Crippen molar-refractivity contribution in [2.24, 2.45) is 10.9 Å². The largest absolute Gasteiger partial charge is 0.490 e. The standard InChI is InChI=1S/C53H56ClN11O5S2/c1-27(2)48(52(69)63-25-39(66)20-44(63)51(68)58-29(4)33-8-10-35(11-9-33)49-30(5)56-26-71-49)64-24-36(23-57-64)42-21-40(16-17-55-42)70-41-18-38(19-41)59-45(67)22-43-50-62-61-32(7)65(50)53-46(28(3)31(6)72-53)47(60-43)34-12-14-37(54)15-13-34/h8-17,21,23-24,26-27,29,38-39,41,43-44,48,66H,18-20,22,25H2,1-7H3,(H,58,68)(H,59,67)/t29-,38-,39+,41+,43-,44-,48-/m0/s1. The molecule has 0 unspecified atom stereocenters. The molecule has 0 bridgehead atoms. The van der Waals surface area contributed by atoms with Gasteiger partial charge in [-0.25, -0.2) is 4.98 Å². The molecule has 3 N–H and O–H groups in total. The van der Waals surface area contributed by atoms with Gasteiger partial charge in [0.25, 0.3) is 0 Å². The van der Waals surface area contributed by atoms with Crippen molar-refractivity contribution in [2.75, 3.05) is 6.54 Å². The zero-order valence-corrected chi connectivity index (χ0v) is 43.4. The van der Waals surface area contributed by atoms with E-state index in [0.717, 1.165) is 54.9 Å². The summed E-state index contributed by atoms with van der Waals surface area (Å²) < 4.78 is 10.1. The van der Waals surface area contributed by atoms with Gasteiger partial charge in [-0.05, 0) is 75.4 Å². The smallest absolute Gasteiger partial charge is 0.248 e. The Labute approximate surface area is 430 Å². The Balaban J connectivity index is 0.762. The van der Waals surface area contributed by atoms with Gasteiger partial charge in [-0.2, -0.15) is 5.10 Å². The Morgan fingerprint density at radius 3 is 2.40 bits per heavy atom. The number of hydrogen-bond donors (Lipinski definition) is 3. The summed E-state index contributed by atoms with van der Waals surface area (Å²) in [5.74, 6) is 1.03. The molecule has 1 saturated heterocycles. The molecular weight excluding hydrogens is 970 g/mol. The molecule has 0 spiro atoms. The number of rotatable bonds is 14. The summed E-state index contributed by atoms with van der Waals surface area (Å²) in [4.78, 5) is 60.0. The van der Waals surface area contributed by atoms with Crippen LogP contribution >= 0.6 is 34.3 Å². The molecule has 372 valence electrons. The summed E-state index contributed by atoms with van der Waals surface area (Å²) in [5.41, 5.74) is 9.93. The second kappa shape index (κ2) is 20.1. The molecule has 5 aromatic heterocycles. The van der Waals surface area contributed by atoms with Gasteiger partial charge in [0.05, 0.1) is 52.3 Å². The van der Waals surface area contributed by atoms with Gasteiger partial charge in [0.1, 0.15) is 40.8 Å². The number of thiazole rings is 1. The molecule has 16 nitrogen and oxygen atoms in total. The van der Waals surface area contributed by atoms with E-state index >= 15 is 0 Å². The van der Waals surface area contributed by atoms with Crippen LogP contribution in [0.2, 0.25) is 5.02 Å². The highest BCUT2D eigenvalue weighted by molar-refractivity contribution is 7.15. The average molecular weight is 1030 g/mol. The van der Waals surface area contributed by atoms with Crippen LogP contribution in [0.3, 0.4) is 0 Å². The van der Waals surface area contributed by atoms with Crippen LogP contribution in [-0.4, -0.2) is 98.8 Å². The number of aliphatic imine (C=N–C) groups is 1. The number of halogens is 1. The van der Waals surface area contributed by atoms with Crippen molar-refractivity contribution in [1.82, 2.24) is 50.0 Å². The van der Waals surface area contributed by atoms with Crippen molar-refractivity contribution in [3.8, 4) is 32.4 Å². The van der Waals surface area contributed by atoms with Crippen LogP contribution in [0.1, 0.15) is 109 Å². The van der Waals surface area contributed by atoms with Crippen molar-refractivity contribution in [1.29, 1.82) is 0 Å². The normalized spacial score (nSPS) is 20.2. The number of fused-ring (bicyclic) bond motifs is 3. The fourth-order valence-corrected chi connectivity index (χ4v) is 12.1. The monoisotopic (exact) mass is 1030 g/mol. The number of aryl methyl sites for hydroxylation is 3. The lowest BCUT2D eigenvalue weighted by atomic mass is 9.89. The van der Waals surface area contributed by atoms with Gasteiger partial charge < -0.3 is 25.4 Å². The molecule has 7 aromatic rings. The number of amides is 3. The highest BCUT2D eigenvalue weighted by Crippen LogP contribution is 2.40. The number of nitrogens with zero attached hydrogens (tertiary/aromatic N) is 9. The third kappa shape index (κ3) is 9.72. The Kier molecular flexibility index (Phi) is 13.7. The van der Waals surface area contributed by atoms with Gasteiger partial charge in [-0.15, -0.1) is 32.9 Å². The number of likely N-dealkylation sites (tertiary alicyclic amines) is 1. The lowest BCUT2D eigenvalue weighted by Crippen LogP contribution is -2.49. The Morgan fingerprint density at radius 2 is 1.68 bits per heavy atom. The minimum Gasteiger partial charge on any atom is -0.490 e. The molecule has 7 heterocycles. The zero-order chi connectivity index (χ0) is 50.5. The second-order valence-corrected chi connectivity index (χ2v) is 21.9. The second-order valence-electron chi connectivity index (χ2n) is 19.4. The third-order valence-corrected chi connectivity index (χ3v) is 16.4. The van der Waals surface area contributed by atoms with Gasteiger partial charge in [-0.3, -0.25) is 33.6 Å². The van der Waals surface area contributed by atoms with E-state index in [0.29, 0.717) is 40.7 Å². The number of aliphatic hydroxyl groups excluding tert-OH is 1. The predicted molar refractivity (Wildman–Crippen MR) is 278 cm³/mol. The number of benzene rings is 2. The molecule has 1 saturated carbocycles. The highest BCUT2D eigenvalue weighted by Gasteiger charge is 2.43. The van der Waals surface area contributed by atoms with Crippen LogP contribution in [-0.2, 0) is 14.4 Å². The molecule has 0 radical (unpaired) electrons. The van der Waals surface area contributed by atoms with Crippen molar-refractivity contribution in [2.45, 2.75) is 117 Å². The maximum Gasteiger partial charge on any atom is 0.248 e. The molecule has 2 aliphatic heterocycles. The third-order valence-electron chi connectivity index (χ3n) is 13.9. The number of aromatic nitrogens is 7. The van der Waals surface area contributed by atoms with Crippen molar-refractivity contribution < 1.29 is 24.2 Å². The van der Waals surface area contributed by atoms with E-state index in [1.54, 1.807) is 52.0 Å². The van der Waals surface area contributed by atoms with Crippen LogP contribution in [0.15, 0.2) is 89.8 Å². The quantitative estimate of drug-likeness (QED) is 0.0949. The SMILES string of the molecule is Cc1ncsc1-c1ccc([C@H](C)NC(=O)[C@@H]2C[C@@H](O)CN2C(=O)[C@H](C(C)C)n2cc(-c3cc(O[C@H]4C[C@@H](NC(=O)C[C@@H]5N=C(c6ccc(Cl)cc6)c6c(sc(C)c6C)-n6c(C)nnc65)C4)ccn3)cn2)cc1. The maximum absolute atomic E-state index is 14.4. The van der Waals surface area contributed by atoms with E-state index < -0.39 is 24.2 Å². The summed E-state index contributed by atoms with van der Waals surface area (Å²) >= 11 is 9.54. The summed E-state index contributed by atoms with van der Waals surface area (Å²) in [5, 5.41) is 32.3. The molecule has 2 fully saturated rings. The van der Waals surface area contributed by atoms with Crippen molar-refractivity contribution >= 4 is 57.7 Å². The van der Waals surface area contributed by atoms with E-state index in [1.165, 1.54) is 9.78 Å². The number of thiophene rings is 1. The van der Waals surface area contributed by atoms with Crippen LogP contribution in [0.25, 0.3) is 26.7 Å². The fourth-order valence-electron chi connectivity index (χ4n) is 9.91. The van der Waals surface area contributed by atoms with Gasteiger partial charge in [0.2, 0.25) is 17.7 Å². The molecule has 5 atom stereocenters. The van der Waals surface area contributed by atoms with Crippen LogP contribution in [0.5, 0.6) is 5.75 Å². The summed E-state index contributed by atoms with van der Waals surface area (Å²) in [6.07, 6.45) is 5.63. The van der Waals surface area contributed by atoms with E-state index in [2.05, 4.69) is 49.7 Å². The molecule has 2 aromatic carbocycles. The first kappa shape index (κ1) is 49.0. The van der Waals surface area contributed by atoms with Crippen molar-refractivity contribution in [3.05, 3.63) is 134 Å². The fraction of sp³-hybridized carbons (Fsp3) is 0.377. The minimum atomic E-state index is -0.846. The molecule has 72 heavy (non-hydrogen) atoms. The van der Waals surface area contributed by atoms with Crippen LogP contribution < -0.4 is 15.4 Å². The van der Waals surface area contributed by atoms with Gasteiger partial charge >= 0.3 is 0 Å². The Bertz CT molecular complexity index is 3190. The topological polar surface area (TPSA) is 195 Å². The molecule has 3 aliphatic rings. The minimum absolute atomic E-state index is 0.0406. The number of nitrogens with one attached hydrogen (secondary N) is 2. The lowest BCUT2D eigenvalue weighted by Gasteiger charge is -2.36. The molecule has 19 heteroatoms. The van der Waals surface area contributed by atoms with E-state index in [4.69, 9.17) is 21.3 Å². The molecule has 3 amide bonds. The number of aliphatic hydroxyl groups is 1. The zero-order valence-electron chi connectivity index (χ0n) is 41.0. The lowest BCUT2D eigenvalue weighted by molar-refractivity contribution is -0.142. The van der Waals surface area contributed by atoms with E-state index in [1.807, 2.05) is 99.3 Å². The highest BCUT2D eigenvalue weighted by atomic mass is 35.5. The van der Waals surface area contributed by atoms with Crippen LogP contribution in [0, 0.1) is 33.6 Å². The molecule has 1 aliphatic carbocycles. The summed E-state index contributed by atoms with van der Waals surface area (Å²) in [7, 11) is 0. The van der Waals surface area contributed by atoms with Crippen LogP contribution in [0.4, 0.5) is 0 Å². The summed E-state index contributed by atoms with van der Waals surface area (Å²) in [6.45, 7) is 13.9. The van der Waals surface area contributed by atoms with Gasteiger partial charge in [0.15, 0.2) is 5.82 Å². The number of pyridine rings is 1. The molecule has 10 rings (SSSR count). The first-order valence-corrected chi connectivity index (χ1v) is 26.3. The van der Waals surface area contributed by atoms with E-state index in [9.17, 15) is 19.5 Å². The first-order valence-electron chi connectivity index (χ1n) is 24.2. The first-order chi connectivity index (χ1) is 34.6. The predicted octanol–water partition coefficient (Wildman–Crippen LogP) is 8.64. The van der Waals surface area contributed by atoms with E-state index in [-0.39, 0.29) is 61.2 Å². The molecular formula is C53H56ClN11O5S2.